The van der Waals surface area contributed by atoms with Crippen molar-refractivity contribution in [3.63, 3.8) is 0 Å². The highest BCUT2D eigenvalue weighted by Gasteiger charge is 2.20. The van der Waals surface area contributed by atoms with Crippen molar-refractivity contribution in [2.45, 2.75) is 39.2 Å². The van der Waals surface area contributed by atoms with Gasteiger partial charge in [-0.2, -0.15) is 0 Å². The molecular formula is C51H68BN7O7. The Morgan fingerprint density at radius 1 is 0.530 bits per heavy atom. The number of primary amides is 1. The van der Waals surface area contributed by atoms with Crippen molar-refractivity contribution in [1.82, 2.24) is 24.9 Å². The number of carbonyl (C=O) groups is 3. The number of hydrogen-bond acceptors (Lipinski definition) is 11. The van der Waals surface area contributed by atoms with Gasteiger partial charge in [-0.1, -0.05) is 122 Å². The van der Waals surface area contributed by atoms with Crippen LogP contribution in [0.1, 0.15) is 27.8 Å². The second kappa shape index (κ2) is 31.6. The molecule has 5 aromatic carbocycles. The number of piperazine rings is 2. The van der Waals surface area contributed by atoms with Crippen LogP contribution in [-0.2, 0) is 46.7 Å². The van der Waals surface area contributed by atoms with Gasteiger partial charge in [0.1, 0.15) is 17.2 Å². The van der Waals surface area contributed by atoms with Gasteiger partial charge < -0.3 is 37.2 Å². The number of benzene rings is 5. The van der Waals surface area contributed by atoms with Crippen LogP contribution in [-0.4, -0.2) is 144 Å². The van der Waals surface area contributed by atoms with Gasteiger partial charge in [0.15, 0.2) is 0 Å². The molecule has 2 heterocycles. The number of rotatable bonds is 15. The molecule has 2 aliphatic heterocycles. The number of nitrogens with zero attached hydrogens (tertiary/aromatic N) is 4. The van der Waals surface area contributed by atoms with E-state index >= 15 is 0 Å². The van der Waals surface area contributed by atoms with Gasteiger partial charge in [-0.15, -0.1) is 0 Å². The number of amides is 2. The number of carbonyl (C=O) groups excluding carboxylic acids is 2. The minimum Gasteiger partial charge on any atom is -0.508 e. The first-order valence-electron chi connectivity index (χ1n) is 22.3. The molecular weight excluding hydrogens is 833 g/mol. The number of aromatic hydroxyl groups is 3. The Hall–Kier alpha value is -6.23. The third-order valence-corrected chi connectivity index (χ3v) is 10.6. The molecule has 0 bridgehead atoms. The van der Waals surface area contributed by atoms with E-state index in [0.29, 0.717) is 37.4 Å². The Bertz CT molecular complexity index is 2120. The predicted octanol–water partition coefficient (Wildman–Crippen LogP) is 4.27. The molecule has 2 aliphatic rings. The Kier molecular flexibility index (Phi) is 25.9. The Morgan fingerprint density at radius 3 is 1.29 bits per heavy atom. The van der Waals surface area contributed by atoms with Crippen LogP contribution in [0.5, 0.6) is 17.2 Å². The minimum atomic E-state index is -0.735. The number of nitrogens with one attached hydrogen (secondary N) is 1. The highest BCUT2D eigenvalue weighted by atomic mass is 16.4. The molecule has 66 heavy (non-hydrogen) atoms. The highest BCUT2D eigenvalue weighted by Crippen LogP contribution is 2.17. The number of aliphatic carboxylic acids is 1. The summed E-state index contributed by atoms with van der Waals surface area (Å²) >= 11 is 0. The van der Waals surface area contributed by atoms with Crippen LogP contribution in [0, 0.1) is 0 Å². The summed E-state index contributed by atoms with van der Waals surface area (Å²) in [4.78, 5) is 42.1. The van der Waals surface area contributed by atoms with Gasteiger partial charge in [-0.05, 0) is 59.8 Å². The fourth-order valence-corrected chi connectivity index (χ4v) is 7.13. The largest absolute Gasteiger partial charge is 0.508 e. The van der Waals surface area contributed by atoms with Crippen molar-refractivity contribution in [1.29, 1.82) is 0 Å². The first-order chi connectivity index (χ1) is 32.0. The van der Waals surface area contributed by atoms with Gasteiger partial charge in [0, 0.05) is 77.6 Å². The fraction of sp³-hybridized carbons (Fsp3) is 0.353. The summed E-state index contributed by atoms with van der Waals surface area (Å²) in [6.07, 6.45) is 1.47. The maximum Gasteiger partial charge on any atom is 0.317 e. The van der Waals surface area contributed by atoms with Crippen LogP contribution in [0.4, 0.5) is 0 Å². The summed E-state index contributed by atoms with van der Waals surface area (Å²) in [5.41, 5.74) is 15.3. The van der Waals surface area contributed by atoms with Crippen molar-refractivity contribution >= 4 is 25.6 Å². The zero-order chi connectivity index (χ0) is 47.9. The molecule has 5 aromatic rings. The summed E-state index contributed by atoms with van der Waals surface area (Å²) in [5, 5.41) is 39.7. The average Bonchev–Trinajstić information content (AvgIpc) is 3.32. The van der Waals surface area contributed by atoms with E-state index in [4.69, 9.17) is 21.7 Å². The van der Waals surface area contributed by atoms with Gasteiger partial charge >= 0.3 is 5.97 Å². The quantitative estimate of drug-likeness (QED) is 0.0736. The molecule has 2 fully saturated rings. The SMILES string of the molecule is NC(=O)Cc1ccccc1O.NCCc1ccccc1O.O=C(CN1CCN(Cc2ccccc2)CC1)NCCc1ccccc1O.O=C(O)CN1CCN(Cc2ccccc2)CC1.[B]C. The van der Waals surface area contributed by atoms with Crippen LogP contribution >= 0.6 is 0 Å². The lowest BCUT2D eigenvalue weighted by Crippen LogP contribution is -2.49. The number of carboxylic acid groups (broad SMARTS) is 1. The first-order valence-corrected chi connectivity index (χ1v) is 22.3. The maximum atomic E-state index is 12.1. The van der Waals surface area contributed by atoms with Gasteiger partial charge in [-0.25, -0.2) is 0 Å². The predicted molar refractivity (Wildman–Crippen MR) is 262 cm³/mol. The number of para-hydroxylation sites is 3. The van der Waals surface area contributed by atoms with E-state index < -0.39 is 11.9 Å². The molecule has 7 rings (SSSR count). The second-order valence-corrected chi connectivity index (χ2v) is 15.6. The zero-order valence-corrected chi connectivity index (χ0v) is 38.3. The van der Waals surface area contributed by atoms with Gasteiger partial charge in [0.2, 0.25) is 11.8 Å². The molecule has 2 amide bonds. The van der Waals surface area contributed by atoms with Crippen LogP contribution in [0.15, 0.2) is 133 Å². The van der Waals surface area contributed by atoms with E-state index in [1.807, 2.05) is 41.3 Å². The molecule has 0 atom stereocenters. The summed E-state index contributed by atoms with van der Waals surface area (Å²) in [6.45, 7) is 12.6. The van der Waals surface area contributed by atoms with E-state index in [-0.39, 0.29) is 30.4 Å². The Labute approximate surface area is 391 Å². The zero-order valence-electron chi connectivity index (χ0n) is 38.3. The number of phenolic OH excluding ortho intramolecular Hbond substituents is 3. The fourth-order valence-electron chi connectivity index (χ4n) is 7.13. The van der Waals surface area contributed by atoms with E-state index in [2.05, 4.69) is 76.4 Å². The lowest BCUT2D eigenvalue weighted by Gasteiger charge is -2.34. The number of hydrogen-bond donors (Lipinski definition) is 7. The molecule has 0 aliphatic carbocycles. The van der Waals surface area contributed by atoms with Crippen molar-refractivity contribution in [3.05, 3.63) is 161 Å². The van der Waals surface area contributed by atoms with Crippen LogP contribution in [0.3, 0.4) is 0 Å². The summed E-state index contributed by atoms with van der Waals surface area (Å²) < 4.78 is 0. The molecule has 0 aromatic heterocycles. The van der Waals surface area contributed by atoms with E-state index in [1.165, 1.54) is 24.0 Å². The smallest absolute Gasteiger partial charge is 0.317 e. The van der Waals surface area contributed by atoms with Crippen LogP contribution in [0.2, 0.25) is 6.82 Å². The number of carboxylic acids is 1. The number of phenols is 3. The monoisotopic (exact) mass is 902 g/mol. The third-order valence-electron chi connectivity index (χ3n) is 10.6. The van der Waals surface area contributed by atoms with Crippen LogP contribution < -0.4 is 16.8 Å². The molecule has 2 saturated heterocycles. The highest BCUT2D eigenvalue weighted by molar-refractivity contribution is 6.05. The van der Waals surface area contributed by atoms with E-state index in [0.717, 1.165) is 83.0 Å². The van der Waals surface area contributed by atoms with Crippen molar-refractivity contribution in [2.24, 2.45) is 11.5 Å². The van der Waals surface area contributed by atoms with E-state index in [9.17, 15) is 24.6 Å². The van der Waals surface area contributed by atoms with Crippen molar-refractivity contribution in [3.8, 4) is 17.2 Å². The van der Waals surface area contributed by atoms with E-state index in [1.54, 1.807) is 42.5 Å². The normalized spacial score (nSPS) is 14.0. The molecule has 15 heteroatoms. The minimum absolute atomic E-state index is 0.0527. The van der Waals surface area contributed by atoms with Gasteiger partial charge in [0.25, 0.3) is 0 Å². The maximum absolute atomic E-state index is 12.1. The lowest BCUT2D eigenvalue weighted by atomic mass is 10.1. The Morgan fingerprint density at radius 2 is 0.894 bits per heavy atom. The first kappa shape index (κ1) is 54.1. The Balaban J connectivity index is 0.000000248. The van der Waals surface area contributed by atoms with Crippen LogP contribution in [0.25, 0.3) is 0 Å². The van der Waals surface area contributed by atoms with Gasteiger partial charge in [0.05, 0.1) is 27.4 Å². The molecule has 0 spiro atoms. The lowest BCUT2D eigenvalue weighted by molar-refractivity contribution is -0.138. The molecule has 14 nitrogen and oxygen atoms in total. The summed E-state index contributed by atoms with van der Waals surface area (Å²) in [7, 11) is 4.50. The third kappa shape index (κ3) is 22.1. The van der Waals surface area contributed by atoms with Gasteiger partial charge in [-0.3, -0.25) is 34.0 Å². The van der Waals surface area contributed by atoms with Crippen molar-refractivity contribution < 1.29 is 34.8 Å². The number of nitrogens with two attached hydrogens (primary N) is 2. The summed E-state index contributed by atoms with van der Waals surface area (Å²) in [5.74, 6) is -0.375. The average molecular weight is 902 g/mol. The topological polar surface area (TPSA) is 209 Å². The molecule has 0 unspecified atom stereocenters. The molecule has 0 saturated carbocycles. The molecule has 9 N–H and O–H groups in total. The van der Waals surface area contributed by atoms with Crippen molar-refractivity contribution in [2.75, 3.05) is 78.5 Å². The second-order valence-electron chi connectivity index (χ2n) is 15.6. The molecule has 2 radical (unpaired) electrons. The molecule has 352 valence electrons. The summed E-state index contributed by atoms with van der Waals surface area (Å²) in [6, 6.07) is 42.0. The standard InChI is InChI=1S/C21H27N3O2.C13H18N2O2.C8H9NO2.C8H11NO.CH3B/c25-20-9-5-4-8-19(20)10-11-22-21(26)17-24-14-12-23(13-15-24)16-18-6-2-1-3-7-18;16-13(17)11-15-8-6-14(7-9-15)10-12-4-2-1-3-5-12;9-8(11)5-6-3-1-2-4-7(6)10;9-6-5-7-3-1-2-4-8(7)10;1-2/h1-9,25H,10-17H2,(H,22,26);1-5H,6-11H2,(H,16,17);1-4,10H,5H2,(H2,9,11);1-4,10H,5-6,9H2;1H3.